The van der Waals surface area contributed by atoms with Crippen LogP contribution in [0.2, 0.25) is 18.6 Å². The van der Waals surface area contributed by atoms with Crippen molar-refractivity contribution >= 4 is 19.2 Å². The van der Waals surface area contributed by atoms with Crippen LogP contribution in [0.5, 0.6) is 0 Å². The second-order valence-corrected chi connectivity index (χ2v) is 9.88. The highest BCUT2D eigenvalue weighted by atomic mass is 28.3. The van der Waals surface area contributed by atoms with Crippen molar-refractivity contribution < 1.29 is 9.53 Å². The summed E-state index contributed by atoms with van der Waals surface area (Å²) in [6.07, 6.45) is 4.01. The van der Waals surface area contributed by atoms with Gasteiger partial charge in [0.25, 0.3) is 0 Å². The highest BCUT2D eigenvalue weighted by Crippen LogP contribution is 2.27. The fraction of sp³-hybridized carbons (Fsp3) is 0.400. The van der Waals surface area contributed by atoms with Crippen LogP contribution in [0.3, 0.4) is 0 Å². The number of methoxy groups -OCH3 is 1. The third kappa shape index (κ3) is 3.55. The van der Waals surface area contributed by atoms with E-state index in [0.29, 0.717) is 0 Å². The van der Waals surface area contributed by atoms with E-state index in [-0.39, 0.29) is 11.5 Å². The Kier molecular flexibility index (Phi) is 5.51. The summed E-state index contributed by atoms with van der Waals surface area (Å²) in [4.78, 5) is 11.7. The van der Waals surface area contributed by atoms with Crippen LogP contribution < -0.4 is 10.9 Å². The van der Waals surface area contributed by atoms with E-state index in [1.54, 1.807) is 0 Å². The van der Waals surface area contributed by atoms with E-state index in [0.717, 1.165) is 0 Å². The Morgan fingerprint density at radius 2 is 1.89 bits per heavy atom. The zero-order valence-electron chi connectivity index (χ0n) is 12.1. The lowest BCUT2D eigenvalue weighted by Gasteiger charge is -2.33. The number of benzene rings is 1. The first-order chi connectivity index (χ1) is 8.95. The van der Waals surface area contributed by atoms with Crippen molar-refractivity contribution in [3.05, 3.63) is 42.5 Å². The standard InChI is InChI=1S/C15H23NO2Si/c1-5-9-13(14(16)15(17)18-2)19(3,4)12-10-7-6-8-11-12/h5-11,13-14H,16H2,1-4H3/b9-5+/t13-,14+/m0/s1. The average molecular weight is 277 g/mol. The molecule has 0 bridgehead atoms. The first-order valence-corrected chi connectivity index (χ1v) is 9.54. The summed E-state index contributed by atoms with van der Waals surface area (Å²) < 4.78 is 4.79. The van der Waals surface area contributed by atoms with E-state index in [1.807, 2.05) is 37.3 Å². The summed E-state index contributed by atoms with van der Waals surface area (Å²) >= 11 is 0. The van der Waals surface area contributed by atoms with Crippen molar-refractivity contribution in [1.82, 2.24) is 0 Å². The predicted octanol–water partition coefficient (Wildman–Crippen LogP) is 2.05. The van der Waals surface area contributed by atoms with E-state index in [9.17, 15) is 4.79 Å². The highest BCUT2D eigenvalue weighted by Gasteiger charge is 2.39. The molecule has 0 spiro atoms. The topological polar surface area (TPSA) is 52.3 Å². The van der Waals surface area contributed by atoms with Crippen LogP contribution in [0.15, 0.2) is 42.5 Å². The number of allylic oxidation sites excluding steroid dienone is 1. The lowest BCUT2D eigenvalue weighted by atomic mass is 10.2. The van der Waals surface area contributed by atoms with Crippen LogP contribution >= 0.6 is 0 Å². The van der Waals surface area contributed by atoms with Crippen molar-refractivity contribution in [3.8, 4) is 0 Å². The second-order valence-electron chi connectivity index (χ2n) is 5.19. The number of carbonyl (C=O) groups excluding carboxylic acids is 1. The van der Waals surface area contributed by atoms with E-state index in [2.05, 4.69) is 25.2 Å². The van der Waals surface area contributed by atoms with Crippen LogP contribution in [0.25, 0.3) is 0 Å². The molecule has 2 atom stereocenters. The Morgan fingerprint density at radius 1 is 1.32 bits per heavy atom. The predicted molar refractivity (Wildman–Crippen MR) is 82.1 cm³/mol. The van der Waals surface area contributed by atoms with Crippen LogP contribution in [0, 0.1) is 0 Å². The van der Waals surface area contributed by atoms with Crippen LogP contribution in [-0.2, 0) is 9.53 Å². The Labute approximate surface area is 116 Å². The van der Waals surface area contributed by atoms with Crippen LogP contribution in [0.1, 0.15) is 6.92 Å². The van der Waals surface area contributed by atoms with Crippen LogP contribution in [0.4, 0.5) is 0 Å². The van der Waals surface area contributed by atoms with Crippen molar-refractivity contribution in [1.29, 1.82) is 0 Å². The third-order valence-corrected chi connectivity index (χ3v) is 7.65. The first kappa shape index (κ1) is 15.7. The van der Waals surface area contributed by atoms with Gasteiger partial charge in [-0.3, -0.25) is 4.79 Å². The summed E-state index contributed by atoms with van der Waals surface area (Å²) in [5.41, 5.74) is 6.11. The fourth-order valence-electron chi connectivity index (χ4n) is 2.36. The Balaban J connectivity index is 3.14. The molecule has 0 aliphatic carbocycles. The van der Waals surface area contributed by atoms with Crippen molar-refractivity contribution in [2.24, 2.45) is 5.73 Å². The van der Waals surface area contributed by atoms with Crippen LogP contribution in [-0.4, -0.2) is 27.2 Å². The summed E-state index contributed by atoms with van der Waals surface area (Å²) in [5, 5.41) is 1.29. The first-order valence-electron chi connectivity index (χ1n) is 6.47. The van der Waals surface area contributed by atoms with Gasteiger partial charge in [0.05, 0.1) is 15.2 Å². The highest BCUT2D eigenvalue weighted by molar-refractivity contribution is 6.91. The number of ether oxygens (including phenoxy) is 1. The van der Waals surface area contributed by atoms with Crippen molar-refractivity contribution in [3.63, 3.8) is 0 Å². The average Bonchev–Trinajstić information content (AvgIpc) is 2.43. The molecule has 1 rings (SSSR count). The molecule has 0 heterocycles. The smallest absolute Gasteiger partial charge is 0.322 e. The number of carbonyl (C=O) groups is 1. The summed E-state index contributed by atoms with van der Waals surface area (Å²) in [7, 11) is -0.504. The Bertz CT molecular complexity index is 443. The van der Waals surface area contributed by atoms with Crippen molar-refractivity contribution in [2.45, 2.75) is 31.6 Å². The molecule has 0 saturated carbocycles. The lowest BCUT2D eigenvalue weighted by molar-refractivity contribution is -0.142. The van der Waals surface area contributed by atoms with E-state index in [1.165, 1.54) is 12.3 Å². The molecule has 1 aromatic rings. The van der Waals surface area contributed by atoms with E-state index < -0.39 is 14.1 Å². The van der Waals surface area contributed by atoms with Crippen molar-refractivity contribution in [2.75, 3.05) is 7.11 Å². The molecule has 2 N–H and O–H groups in total. The second kappa shape index (κ2) is 6.68. The van der Waals surface area contributed by atoms with Gasteiger partial charge < -0.3 is 10.5 Å². The Hall–Kier alpha value is -1.39. The molecule has 0 amide bonds. The molecule has 0 fully saturated rings. The van der Waals surface area contributed by atoms with Gasteiger partial charge in [-0.2, -0.15) is 0 Å². The summed E-state index contributed by atoms with van der Waals surface area (Å²) in [6, 6.07) is 9.68. The maximum absolute atomic E-state index is 11.7. The van der Waals surface area contributed by atoms with Gasteiger partial charge in [0.2, 0.25) is 0 Å². The molecule has 0 aliphatic rings. The molecule has 104 valence electrons. The zero-order valence-corrected chi connectivity index (χ0v) is 13.1. The number of nitrogens with two attached hydrogens (primary N) is 1. The van der Waals surface area contributed by atoms with Gasteiger partial charge in [-0.05, 0) is 6.92 Å². The largest absolute Gasteiger partial charge is 0.468 e. The number of rotatable bonds is 5. The summed E-state index contributed by atoms with van der Waals surface area (Å²) in [5.74, 6) is -0.348. The monoisotopic (exact) mass is 277 g/mol. The van der Waals surface area contributed by atoms with E-state index >= 15 is 0 Å². The molecule has 0 saturated heterocycles. The number of hydrogen-bond donors (Lipinski definition) is 1. The molecule has 19 heavy (non-hydrogen) atoms. The minimum atomic E-state index is -1.88. The molecule has 0 radical (unpaired) electrons. The van der Waals surface area contributed by atoms with Gasteiger partial charge in [-0.1, -0.05) is 60.8 Å². The minimum Gasteiger partial charge on any atom is -0.468 e. The molecule has 0 aliphatic heterocycles. The van der Waals surface area contributed by atoms with E-state index in [4.69, 9.17) is 10.5 Å². The quantitative estimate of drug-likeness (QED) is 0.509. The molecule has 0 unspecified atom stereocenters. The van der Waals surface area contributed by atoms with Gasteiger partial charge in [-0.15, -0.1) is 0 Å². The number of esters is 1. The van der Waals surface area contributed by atoms with Gasteiger partial charge in [-0.25, -0.2) is 0 Å². The summed E-state index contributed by atoms with van der Waals surface area (Å²) in [6.45, 7) is 6.41. The Morgan fingerprint density at radius 3 is 2.37 bits per heavy atom. The maximum atomic E-state index is 11.7. The maximum Gasteiger partial charge on any atom is 0.322 e. The molecule has 4 heteroatoms. The van der Waals surface area contributed by atoms with Gasteiger partial charge in [0.1, 0.15) is 6.04 Å². The molecule has 3 nitrogen and oxygen atoms in total. The van der Waals surface area contributed by atoms with Gasteiger partial charge in [0, 0.05) is 5.54 Å². The zero-order chi connectivity index (χ0) is 14.5. The lowest BCUT2D eigenvalue weighted by Crippen LogP contribution is -2.53. The van der Waals surface area contributed by atoms with Gasteiger partial charge in [0.15, 0.2) is 0 Å². The number of hydrogen-bond acceptors (Lipinski definition) is 3. The fourth-order valence-corrected chi connectivity index (χ4v) is 5.50. The minimum absolute atomic E-state index is 0.0207. The molecule has 1 aromatic carbocycles. The molecular formula is C15H23NO2Si. The molecular weight excluding hydrogens is 254 g/mol. The normalized spacial score (nSPS) is 15.2. The SMILES string of the molecule is C/C=C/[C@@H]([C@@H](N)C(=O)OC)[Si](C)(C)c1ccccc1. The third-order valence-electron chi connectivity index (χ3n) is 3.61. The molecule has 0 aromatic heterocycles. The van der Waals surface area contributed by atoms with Gasteiger partial charge >= 0.3 is 5.97 Å².